The van der Waals surface area contributed by atoms with Crippen molar-refractivity contribution in [3.63, 3.8) is 0 Å². The zero-order valence-corrected chi connectivity index (χ0v) is 22.5. The molecule has 0 radical (unpaired) electrons. The number of ether oxygens (including phenoxy) is 4. The van der Waals surface area contributed by atoms with Crippen LogP contribution in [0.5, 0.6) is 0 Å². The molecular formula is C23H46N6O10. The number of aliphatic hydroxyl groups is 5. The van der Waals surface area contributed by atoms with Crippen LogP contribution in [0.25, 0.3) is 0 Å². The zero-order valence-electron chi connectivity index (χ0n) is 22.5. The van der Waals surface area contributed by atoms with Gasteiger partial charge in [0.1, 0.15) is 54.6 Å². The first-order valence-corrected chi connectivity index (χ1v) is 13.1. The van der Waals surface area contributed by atoms with E-state index in [1.165, 1.54) is 0 Å². The third kappa shape index (κ3) is 7.22. The van der Waals surface area contributed by atoms with Crippen molar-refractivity contribution in [1.29, 1.82) is 0 Å². The first kappa shape index (κ1) is 32.4. The van der Waals surface area contributed by atoms with Gasteiger partial charge >= 0.3 is 0 Å². The van der Waals surface area contributed by atoms with Gasteiger partial charge in [0.05, 0.1) is 6.04 Å². The lowest BCUT2D eigenvalue weighted by atomic mass is 9.84. The van der Waals surface area contributed by atoms with Gasteiger partial charge in [0, 0.05) is 37.0 Å². The second kappa shape index (κ2) is 12.4. The highest BCUT2D eigenvalue weighted by atomic mass is 16.7. The molecule has 0 spiro atoms. The Hall–Kier alpha value is -1.09. The van der Waals surface area contributed by atoms with Crippen LogP contribution in [-0.4, -0.2) is 130 Å². The highest BCUT2D eigenvalue weighted by molar-refractivity contribution is 5.81. The highest BCUT2D eigenvalue weighted by Crippen LogP contribution is 2.32. The van der Waals surface area contributed by atoms with Gasteiger partial charge in [-0.2, -0.15) is 0 Å². The molecule has 2 saturated heterocycles. The summed E-state index contributed by atoms with van der Waals surface area (Å²) >= 11 is 0. The number of carbonyl (C=O) groups excluding carboxylic acids is 1. The van der Waals surface area contributed by atoms with Crippen molar-refractivity contribution in [3.05, 3.63) is 0 Å². The molecule has 0 aromatic rings. The van der Waals surface area contributed by atoms with Crippen LogP contribution in [0.3, 0.4) is 0 Å². The van der Waals surface area contributed by atoms with Gasteiger partial charge < -0.3 is 78.5 Å². The number of amides is 1. The molecule has 3 aliphatic rings. The number of carbonyl (C=O) groups is 1. The minimum atomic E-state index is -2.13. The second-order valence-corrected chi connectivity index (χ2v) is 11.8. The Morgan fingerprint density at radius 1 is 0.974 bits per heavy atom. The molecule has 0 aromatic heterocycles. The van der Waals surface area contributed by atoms with Crippen LogP contribution in [0.4, 0.5) is 0 Å². The molecule has 14 atom stereocenters. The molecule has 39 heavy (non-hydrogen) atoms. The van der Waals surface area contributed by atoms with Gasteiger partial charge in [-0.25, -0.2) is 0 Å². The summed E-state index contributed by atoms with van der Waals surface area (Å²) in [6.45, 7) is 4.85. The fraction of sp³-hybridized carbons (Fsp3) is 0.957. The summed E-state index contributed by atoms with van der Waals surface area (Å²) in [4.78, 5) is 12.3. The van der Waals surface area contributed by atoms with Gasteiger partial charge in [-0.3, -0.25) is 4.79 Å². The third-order valence-corrected chi connectivity index (χ3v) is 7.47. The molecule has 1 aliphatic carbocycles. The highest BCUT2D eigenvalue weighted by Gasteiger charge is 2.51. The zero-order chi connectivity index (χ0) is 29.4. The Bertz CT molecular complexity index is 832. The Morgan fingerprint density at radius 3 is 2.13 bits per heavy atom. The fourth-order valence-corrected chi connectivity index (χ4v) is 4.96. The van der Waals surface area contributed by atoms with Gasteiger partial charge in [0.2, 0.25) is 5.91 Å². The van der Waals surface area contributed by atoms with Gasteiger partial charge in [-0.15, -0.1) is 0 Å². The summed E-state index contributed by atoms with van der Waals surface area (Å²) in [6.07, 6.45) is -12.8. The summed E-state index contributed by atoms with van der Waals surface area (Å²) in [7, 11) is 0. The molecule has 228 valence electrons. The predicted octanol–water partition coefficient (Wildman–Crippen LogP) is -5.81. The van der Waals surface area contributed by atoms with Crippen molar-refractivity contribution >= 4 is 5.91 Å². The van der Waals surface area contributed by atoms with Crippen molar-refractivity contribution in [3.8, 4) is 0 Å². The van der Waals surface area contributed by atoms with Crippen LogP contribution >= 0.6 is 0 Å². The van der Waals surface area contributed by atoms with Gasteiger partial charge in [0.25, 0.3) is 0 Å². The summed E-state index contributed by atoms with van der Waals surface area (Å²) in [6, 6.07) is -2.75. The van der Waals surface area contributed by atoms with E-state index in [0.717, 1.165) is 0 Å². The number of nitrogens with one attached hydrogen (secondary N) is 1. The summed E-state index contributed by atoms with van der Waals surface area (Å²) in [5.41, 5.74) is 27.1. The van der Waals surface area contributed by atoms with E-state index in [1.54, 1.807) is 20.8 Å². The number of aliphatic hydroxyl groups excluding tert-OH is 4. The van der Waals surface area contributed by atoms with Crippen molar-refractivity contribution < 1.29 is 49.3 Å². The lowest BCUT2D eigenvalue weighted by molar-refractivity contribution is -0.316. The molecule has 0 bridgehead atoms. The number of hydrogen-bond acceptors (Lipinski definition) is 15. The Morgan fingerprint density at radius 2 is 1.56 bits per heavy atom. The topological polar surface area (TPSA) is 297 Å². The minimum Gasteiger partial charge on any atom is -0.388 e. The summed E-state index contributed by atoms with van der Waals surface area (Å²) in [5.74, 6) is -0.307. The molecule has 16 N–H and O–H groups in total. The van der Waals surface area contributed by atoms with E-state index in [4.69, 9.17) is 47.6 Å². The van der Waals surface area contributed by atoms with Gasteiger partial charge in [0.15, 0.2) is 12.6 Å². The van der Waals surface area contributed by atoms with E-state index in [1.807, 2.05) is 0 Å². The predicted molar refractivity (Wildman–Crippen MR) is 135 cm³/mol. The molecule has 2 aliphatic heterocycles. The molecule has 0 aromatic carbocycles. The van der Waals surface area contributed by atoms with Crippen LogP contribution in [0.15, 0.2) is 0 Å². The van der Waals surface area contributed by atoms with Gasteiger partial charge in [-0.05, 0) is 6.42 Å². The van der Waals surface area contributed by atoms with Crippen LogP contribution in [-0.2, 0) is 23.7 Å². The van der Waals surface area contributed by atoms with E-state index in [9.17, 15) is 30.3 Å². The Balaban J connectivity index is 1.70. The lowest BCUT2D eigenvalue weighted by Crippen LogP contribution is -2.69. The molecule has 1 saturated carbocycles. The van der Waals surface area contributed by atoms with E-state index in [-0.39, 0.29) is 31.8 Å². The first-order valence-electron chi connectivity index (χ1n) is 13.1. The first-order chi connectivity index (χ1) is 18.0. The van der Waals surface area contributed by atoms with Crippen LogP contribution in [0, 0.1) is 5.41 Å². The normalized spacial score (nSPS) is 47.6. The maximum Gasteiger partial charge on any atom is 0.225 e. The molecule has 16 heteroatoms. The van der Waals surface area contributed by atoms with Crippen molar-refractivity contribution in [1.82, 2.24) is 5.32 Å². The molecule has 0 unspecified atom stereocenters. The van der Waals surface area contributed by atoms with Crippen LogP contribution in [0.2, 0.25) is 0 Å². The standard InChI is InChI=1S/C23H46N6O10/c1-22(2,3)21(34)29-7-11-19(33)23(28,35)5-12(36-11)38-17-8(25)4-9(26)18(16(17)32)39-20-13(27)15(31)14(30)10(6-24)37-20/h8-20,30-33,35H,4-7,24-28H2,1-3H3,(H,29,34)/t8-,9+,10-,11-,12-,13-,14-,15-,16-,17+,18-,19-,20-,23-/m1/s1. The van der Waals surface area contributed by atoms with Crippen LogP contribution < -0.4 is 34.0 Å². The van der Waals surface area contributed by atoms with Crippen molar-refractivity contribution in [2.75, 3.05) is 13.1 Å². The van der Waals surface area contributed by atoms with E-state index >= 15 is 0 Å². The smallest absolute Gasteiger partial charge is 0.225 e. The van der Waals surface area contributed by atoms with Crippen molar-refractivity contribution in [2.24, 2.45) is 34.1 Å². The molecule has 1 amide bonds. The largest absolute Gasteiger partial charge is 0.388 e. The molecule has 3 rings (SSSR count). The maximum atomic E-state index is 12.3. The van der Waals surface area contributed by atoms with E-state index < -0.39 is 90.7 Å². The maximum absolute atomic E-state index is 12.3. The molecular weight excluding hydrogens is 520 g/mol. The molecule has 16 nitrogen and oxygen atoms in total. The second-order valence-electron chi connectivity index (χ2n) is 11.8. The van der Waals surface area contributed by atoms with Gasteiger partial charge in [-0.1, -0.05) is 20.8 Å². The lowest BCUT2D eigenvalue weighted by Gasteiger charge is -2.48. The monoisotopic (exact) mass is 566 g/mol. The summed E-state index contributed by atoms with van der Waals surface area (Å²) < 4.78 is 23.2. The number of nitrogens with two attached hydrogens (primary N) is 5. The number of rotatable bonds is 7. The quantitative estimate of drug-likeness (QED) is 0.128. The van der Waals surface area contributed by atoms with Crippen LogP contribution in [0.1, 0.15) is 33.6 Å². The molecule has 3 fully saturated rings. The van der Waals surface area contributed by atoms with E-state index in [0.29, 0.717) is 0 Å². The molecule has 2 heterocycles. The third-order valence-electron chi connectivity index (χ3n) is 7.47. The minimum absolute atomic E-state index is 0.120. The average molecular weight is 567 g/mol. The Labute approximate surface area is 227 Å². The van der Waals surface area contributed by atoms with E-state index in [2.05, 4.69) is 5.32 Å². The summed E-state index contributed by atoms with van der Waals surface area (Å²) in [5, 5.41) is 55.4. The number of hydrogen-bond donors (Lipinski definition) is 11. The average Bonchev–Trinajstić information content (AvgIpc) is 2.84. The Kier molecular flexibility index (Phi) is 10.3. The fourth-order valence-electron chi connectivity index (χ4n) is 4.96. The van der Waals surface area contributed by atoms with Crippen molar-refractivity contribution in [2.45, 2.75) is 119 Å². The SMILES string of the molecule is CC(C)(C)C(=O)NC[C@H]1O[C@H](O[C@@H]2[C@@H](O)[C@H](O[C@H]3O[C@H](CN)[C@@H](O)[C@H](O)[C@H]3N)[C@@H](N)C[C@H]2N)C[C@@](N)(O)[C@@H]1O.